The van der Waals surface area contributed by atoms with E-state index in [1.165, 1.54) is 22.3 Å². The van der Waals surface area contributed by atoms with Crippen molar-refractivity contribution in [3.05, 3.63) is 16.1 Å². The van der Waals surface area contributed by atoms with E-state index in [1.54, 1.807) is 25.6 Å². The average molecular weight is 277 g/mol. The highest BCUT2D eigenvalue weighted by Gasteiger charge is 2.21. The molecule has 1 aromatic rings. The fourth-order valence-corrected chi connectivity index (χ4v) is 5.35. The third-order valence-corrected chi connectivity index (χ3v) is 6.19. The summed E-state index contributed by atoms with van der Waals surface area (Å²) in [6.07, 6.45) is -0.328. The fourth-order valence-electron chi connectivity index (χ4n) is 1.52. The lowest BCUT2D eigenvalue weighted by Crippen LogP contribution is -2.08. The Labute approximate surface area is 108 Å². The fraction of sp³-hybridized carbons (Fsp3) is 0.700. The van der Waals surface area contributed by atoms with E-state index in [4.69, 9.17) is 9.47 Å². The van der Waals surface area contributed by atoms with Gasteiger partial charge in [0.1, 0.15) is 10.7 Å². The van der Waals surface area contributed by atoms with Crippen molar-refractivity contribution in [2.75, 3.05) is 31.5 Å². The molecular weight excluding hydrogens is 262 g/mol. The van der Waals surface area contributed by atoms with Crippen molar-refractivity contribution in [3.8, 4) is 0 Å². The summed E-state index contributed by atoms with van der Waals surface area (Å²) in [5, 5.41) is 3.78. The number of thioether (sulfide) groups is 2. The summed E-state index contributed by atoms with van der Waals surface area (Å²) in [7, 11) is 3.27. The van der Waals surface area contributed by atoms with Crippen LogP contribution in [0.4, 0.5) is 0 Å². The molecule has 0 amide bonds. The van der Waals surface area contributed by atoms with Crippen LogP contribution in [-0.4, -0.2) is 36.5 Å². The minimum Gasteiger partial charge on any atom is -0.350 e. The van der Waals surface area contributed by atoms with Crippen molar-refractivity contribution in [3.63, 3.8) is 0 Å². The van der Waals surface area contributed by atoms with Crippen LogP contribution >= 0.6 is 34.9 Å². The Kier molecular flexibility index (Phi) is 4.97. The van der Waals surface area contributed by atoms with Gasteiger partial charge in [0, 0.05) is 36.9 Å². The van der Waals surface area contributed by atoms with Crippen LogP contribution in [0.3, 0.4) is 0 Å². The van der Waals surface area contributed by atoms with Gasteiger partial charge >= 0.3 is 0 Å². The van der Waals surface area contributed by atoms with E-state index in [9.17, 15) is 0 Å². The van der Waals surface area contributed by atoms with Crippen LogP contribution in [0.2, 0.25) is 0 Å². The Morgan fingerprint density at radius 2 is 2.19 bits per heavy atom. The van der Waals surface area contributed by atoms with Crippen LogP contribution in [0.25, 0.3) is 0 Å². The summed E-state index contributed by atoms with van der Waals surface area (Å²) in [4.78, 5) is 4.61. The van der Waals surface area contributed by atoms with Gasteiger partial charge in [0.25, 0.3) is 0 Å². The number of thiazole rings is 1. The molecule has 3 nitrogen and oxygen atoms in total. The molecule has 1 aliphatic heterocycles. The highest BCUT2D eigenvalue weighted by atomic mass is 32.2. The summed E-state index contributed by atoms with van der Waals surface area (Å²) in [6.45, 7) is 0. The van der Waals surface area contributed by atoms with Gasteiger partial charge in [0.2, 0.25) is 6.29 Å². The lowest BCUT2D eigenvalue weighted by atomic mass is 10.4. The first-order valence-electron chi connectivity index (χ1n) is 5.05. The second kappa shape index (κ2) is 6.26. The molecule has 1 unspecified atom stereocenters. The van der Waals surface area contributed by atoms with Gasteiger partial charge in [0.15, 0.2) is 0 Å². The Balaban J connectivity index is 2.05. The molecule has 0 N–H and O–H groups in total. The van der Waals surface area contributed by atoms with Crippen molar-refractivity contribution in [2.24, 2.45) is 0 Å². The van der Waals surface area contributed by atoms with Crippen molar-refractivity contribution in [2.45, 2.75) is 11.5 Å². The zero-order valence-corrected chi connectivity index (χ0v) is 11.8. The van der Waals surface area contributed by atoms with Crippen molar-refractivity contribution >= 4 is 34.9 Å². The lowest BCUT2D eigenvalue weighted by Gasteiger charge is -2.18. The lowest BCUT2D eigenvalue weighted by molar-refractivity contribution is -0.108. The van der Waals surface area contributed by atoms with E-state index < -0.39 is 0 Å². The molecule has 0 bridgehead atoms. The van der Waals surface area contributed by atoms with Gasteiger partial charge in [0.05, 0.1) is 5.25 Å². The van der Waals surface area contributed by atoms with Gasteiger partial charge in [-0.2, -0.15) is 11.8 Å². The normalized spacial score (nSPS) is 21.6. The molecular formula is C10H15NO2S3. The molecule has 1 atom stereocenters. The van der Waals surface area contributed by atoms with Gasteiger partial charge in [-0.3, -0.25) is 0 Å². The Morgan fingerprint density at radius 1 is 1.38 bits per heavy atom. The molecule has 90 valence electrons. The van der Waals surface area contributed by atoms with Crippen LogP contribution in [-0.2, 0) is 9.47 Å². The standard InChI is InChI=1S/C10H15NO2S3/c1-12-10(13-2)7-5-16-9(11-7)8-6-14-3-4-15-8/h5,8,10H,3-4,6H2,1-2H3. The maximum atomic E-state index is 5.20. The predicted molar refractivity (Wildman–Crippen MR) is 71.4 cm³/mol. The highest BCUT2D eigenvalue weighted by Crippen LogP contribution is 2.38. The van der Waals surface area contributed by atoms with Gasteiger partial charge in [-0.15, -0.1) is 23.1 Å². The maximum Gasteiger partial charge on any atom is 0.201 e. The largest absolute Gasteiger partial charge is 0.350 e. The molecule has 6 heteroatoms. The molecule has 0 aromatic carbocycles. The zero-order chi connectivity index (χ0) is 11.4. The van der Waals surface area contributed by atoms with Crippen molar-refractivity contribution < 1.29 is 9.47 Å². The summed E-state index contributed by atoms with van der Waals surface area (Å²) < 4.78 is 10.4. The van der Waals surface area contributed by atoms with E-state index in [1.807, 2.05) is 28.9 Å². The maximum absolute atomic E-state index is 5.20. The Morgan fingerprint density at radius 3 is 2.81 bits per heavy atom. The average Bonchev–Trinajstić information content (AvgIpc) is 2.81. The summed E-state index contributed by atoms with van der Waals surface area (Å²) in [5.41, 5.74) is 0.890. The van der Waals surface area contributed by atoms with Crippen LogP contribution < -0.4 is 0 Å². The van der Waals surface area contributed by atoms with E-state index in [2.05, 4.69) is 4.98 Å². The second-order valence-electron chi connectivity index (χ2n) is 3.35. The zero-order valence-electron chi connectivity index (χ0n) is 9.34. The van der Waals surface area contributed by atoms with Gasteiger partial charge in [-0.05, 0) is 0 Å². The van der Waals surface area contributed by atoms with Gasteiger partial charge < -0.3 is 9.47 Å². The molecule has 1 saturated heterocycles. The van der Waals surface area contributed by atoms with Crippen LogP contribution in [0.15, 0.2) is 5.38 Å². The highest BCUT2D eigenvalue weighted by molar-refractivity contribution is 8.06. The smallest absolute Gasteiger partial charge is 0.201 e. The predicted octanol–water partition coefficient (Wildman–Crippen LogP) is 2.96. The molecule has 0 spiro atoms. The van der Waals surface area contributed by atoms with Crippen molar-refractivity contribution in [1.29, 1.82) is 0 Å². The topological polar surface area (TPSA) is 31.4 Å². The first-order valence-corrected chi connectivity index (χ1v) is 8.13. The molecule has 2 heterocycles. The first kappa shape index (κ1) is 12.7. The minimum atomic E-state index is -0.328. The van der Waals surface area contributed by atoms with Crippen LogP contribution in [0.5, 0.6) is 0 Å². The van der Waals surface area contributed by atoms with E-state index in [0.717, 1.165) is 5.69 Å². The third kappa shape index (κ3) is 2.92. The SMILES string of the molecule is COC(OC)c1csc(C2CSCCS2)n1. The second-order valence-corrected chi connectivity index (χ2v) is 6.70. The molecule has 16 heavy (non-hydrogen) atoms. The Hall–Kier alpha value is 0.250. The monoisotopic (exact) mass is 277 g/mol. The van der Waals surface area contributed by atoms with Gasteiger partial charge in [-0.1, -0.05) is 0 Å². The number of hydrogen-bond donors (Lipinski definition) is 0. The molecule has 2 rings (SSSR count). The van der Waals surface area contributed by atoms with Crippen molar-refractivity contribution in [1.82, 2.24) is 4.98 Å². The number of hydrogen-bond acceptors (Lipinski definition) is 6. The third-order valence-electron chi connectivity index (χ3n) is 2.30. The van der Waals surface area contributed by atoms with Crippen LogP contribution in [0, 0.1) is 0 Å². The molecule has 0 radical (unpaired) electrons. The Bertz CT molecular complexity index is 322. The molecule has 0 saturated carbocycles. The number of ether oxygens (including phenoxy) is 2. The number of nitrogens with zero attached hydrogens (tertiary/aromatic N) is 1. The summed E-state index contributed by atoms with van der Waals surface area (Å²) in [6, 6.07) is 0. The molecule has 1 aromatic heterocycles. The quantitative estimate of drug-likeness (QED) is 0.790. The molecule has 1 aliphatic rings. The number of methoxy groups -OCH3 is 2. The minimum absolute atomic E-state index is 0.328. The molecule has 0 aliphatic carbocycles. The van der Waals surface area contributed by atoms with Gasteiger partial charge in [-0.25, -0.2) is 4.98 Å². The summed E-state index contributed by atoms with van der Waals surface area (Å²) >= 11 is 5.72. The molecule has 1 fully saturated rings. The summed E-state index contributed by atoms with van der Waals surface area (Å²) in [5.74, 6) is 3.66. The van der Waals surface area contributed by atoms with E-state index in [-0.39, 0.29) is 6.29 Å². The van der Waals surface area contributed by atoms with Crippen LogP contribution in [0.1, 0.15) is 22.2 Å². The number of rotatable bonds is 4. The van der Waals surface area contributed by atoms with E-state index in [0.29, 0.717) is 5.25 Å². The number of aromatic nitrogens is 1. The first-order chi connectivity index (χ1) is 7.85. The van der Waals surface area contributed by atoms with E-state index >= 15 is 0 Å².